The summed E-state index contributed by atoms with van der Waals surface area (Å²) in [5, 5.41) is 0. The summed E-state index contributed by atoms with van der Waals surface area (Å²) in [4.78, 5) is 25.7. The van der Waals surface area contributed by atoms with E-state index in [4.69, 9.17) is 4.74 Å². The molecule has 0 radical (unpaired) electrons. The number of fused-ring (bicyclic) bond motifs is 7. The lowest BCUT2D eigenvalue weighted by molar-refractivity contribution is -0.147. The number of carbonyl (C=O) groups excluding carboxylic acids is 2. The molecule has 0 aromatic heterocycles. The number of esters is 1. The largest absolute Gasteiger partial charge is 0.462 e. The standard InChI is InChI=1S/C30H44O3/c1-18(2)9-8-10-19-25-22(33-26(19)32)17-30(7)21-11-12-23-27(3,4)24(31)14-15-28(23,5)20(21)13-16-29(25,30)6/h9,11,19-20,22-23,25H,8,10,12-17H2,1-7H3/t19?,20?,22-,23?,25?,28+,29?,30+/m0/s1. The van der Waals surface area contributed by atoms with Gasteiger partial charge < -0.3 is 4.74 Å². The van der Waals surface area contributed by atoms with Crippen molar-refractivity contribution in [2.75, 3.05) is 0 Å². The Kier molecular flexibility index (Phi) is 5.18. The maximum Gasteiger partial charge on any atom is 0.309 e. The molecule has 0 aromatic carbocycles. The molecule has 4 fully saturated rings. The predicted octanol–water partition coefficient (Wildman–Crippen LogP) is 7.06. The Hall–Kier alpha value is -1.38. The quantitative estimate of drug-likeness (QED) is 0.340. The van der Waals surface area contributed by atoms with Crippen molar-refractivity contribution in [1.82, 2.24) is 0 Å². The number of ether oxygens (including phenoxy) is 1. The van der Waals surface area contributed by atoms with Gasteiger partial charge >= 0.3 is 5.97 Å². The Labute approximate surface area is 200 Å². The molecule has 4 aliphatic carbocycles. The molecule has 3 saturated carbocycles. The van der Waals surface area contributed by atoms with Gasteiger partial charge in [0.25, 0.3) is 0 Å². The van der Waals surface area contributed by atoms with E-state index in [-0.39, 0.29) is 39.7 Å². The molecule has 1 aliphatic heterocycles. The van der Waals surface area contributed by atoms with Crippen molar-refractivity contribution in [3.63, 3.8) is 0 Å². The summed E-state index contributed by atoms with van der Waals surface area (Å²) >= 11 is 0. The molecule has 8 atom stereocenters. The van der Waals surface area contributed by atoms with Gasteiger partial charge in [-0.25, -0.2) is 0 Å². The van der Waals surface area contributed by atoms with Gasteiger partial charge in [-0.05, 0) is 86.9 Å². The molecule has 5 aliphatic rings. The maximum atomic E-state index is 12.9. The summed E-state index contributed by atoms with van der Waals surface area (Å²) in [6.45, 7) is 16.1. The third-order valence-electron chi connectivity index (χ3n) is 11.7. The number of carbonyl (C=O) groups is 2. The second kappa shape index (κ2) is 7.31. The van der Waals surface area contributed by atoms with Crippen LogP contribution in [-0.4, -0.2) is 17.9 Å². The molecule has 0 amide bonds. The SMILES string of the molecule is CC(C)=CCCC1C(=O)O[C@H]2C[C@]3(C)C4=CCC5C(C)(C)C(=O)CC[C@]5(C)C4CCC3(C)C12. The maximum absolute atomic E-state index is 12.9. The molecule has 0 N–H and O–H groups in total. The zero-order valence-corrected chi connectivity index (χ0v) is 21.9. The van der Waals surface area contributed by atoms with Crippen LogP contribution in [0.2, 0.25) is 0 Å². The fourth-order valence-corrected chi connectivity index (χ4v) is 9.64. The molecule has 182 valence electrons. The minimum atomic E-state index is -0.228. The molecule has 0 spiro atoms. The second-order valence-corrected chi connectivity index (χ2v) is 13.6. The van der Waals surface area contributed by atoms with Gasteiger partial charge in [0.2, 0.25) is 0 Å². The fourth-order valence-electron chi connectivity index (χ4n) is 9.64. The number of allylic oxidation sites excluding steroid dienone is 4. The second-order valence-electron chi connectivity index (χ2n) is 13.6. The fraction of sp³-hybridized carbons (Fsp3) is 0.800. The van der Waals surface area contributed by atoms with Crippen molar-refractivity contribution in [2.45, 2.75) is 106 Å². The first-order chi connectivity index (χ1) is 15.4. The van der Waals surface area contributed by atoms with Crippen LogP contribution in [0.1, 0.15) is 99.8 Å². The van der Waals surface area contributed by atoms with E-state index in [1.54, 1.807) is 5.57 Å². The van der Waals surface area contributed by atoms with E-state index in [1.807, 2.05) is 0 Å². The van der Waals surface area contributed by atoms with Crippen LogP contribution in [0.15, 0.2) is 23.3 Å². The van der Waals surface area contributed by atoms with Crippen molar-refractivity contribution in [3.05, 3.63) is 23.3 Å². The highest BCUT2D eigenvalue weighted by atomic mass is 16.6. The first-order valence-corrected chi connectivity index (χ1v) is 13.4. The van der Waals surface area contributed by atoms with Gasteiger partial charge in [0.1, 0.15) is 11.9 Å². The Bertz CT molecular complexity index is 936. The van der Waals surface area contributed by atoms with Gasteiger partial charge in [-0.2, -0.15) is 0 Å². The van der Waals surface area contributed by atoms with E-state index in [1.165, 1.54) is 18.4 Å². The summed E-state index contributed by atoms with van der Waals surface area (Å²) in [5.74, 6) is 1.86. The Morgan fingerprint density at radius 1 is 1.12 bits per heavy atom. The van der Waals surface area contributed by atoms with Gasteiger partial charge in [0.05, 0.1) is 5.92 Å². The van der Waals surface area contributed by atoms with Crippen LogP contribution in [0.5, 0.6) is 0 Å². The van der Waals surface area contributed by atoms with E-state index in [0.717, 1.165) is 38.5 Å². The summed E-state index contributed by atoms with van der Waals surface area (Å²) < 4.78 is 6.10. The molecule has 5 rings (SSSR count). The van der Waals surface area contributed by atoms with Gasteiger partial charge in [-0.1, -0.05) is 57.9 Å². The van der Waals surface area contributed by atoms with Crippen molar-refractivity contribution >= 4 is 11.8 Å². The Morgan fingerprint density at radius 2 is 1.85 bits per heavy atom. The van der Waals surface area contributed by atoms with Crippen LogP contribution in [0.4, 0.5) is 0 Å². The van der Waals surface area contributed by atoms with Gasteiger partial charge in [0.15, 0.2) is 0 Å². The first kappa shape index (κ1) is 23.4. The number of rotatable bonds is 3. The average Bonchev–Trinajstić information content (AvgIpc) is 3.14. The zero-order valence-electron chi connectivity index (χ0n) is 21.9. The minimum absolute atomic E-state index is 0.0349. The van der Waals surface area contributed by atoms with Crippen LogP contribution in [0.3, 0.4) is 0 Å². The lowest BCUT2D eigenvalue weighted by Crippen LogP contribution is -2.57. The number of Topliss-reactive ketones (excluding diaryl/α,β-unsaturated/α-hetero) is 1. The van der Waals surface area contributed by atoms with E-state index >= 15 is 0 Å². The minimum Gasteiger partial charge on any atom is -0.462 e. The van der Waals surface area contributed by atoms with Crippen molar-refractivity contribution in [2.24, 2.45) is 45.3 Å². The lowest BCUT2D eigenvalue weighted by Gasteiger charge is -2.63. The van der Waals surface area contributed by atoms with Crippen LogP contribution < -0.4 is 0 Å². The van der Waals surface area contributed by atoms with E-state index < -0.39 is 0 Å². The molecule has 1 saturated heterocycles. The third-order valence-corrected chi connectivity index (χ3v) is 11.7. The highest BCUT2D eigenvalue weighted by Crippen LogP contribution is 2.74. The molecule has 0 bridgehead atoms. The molecular formula is C30H44O3. The van der Waals surface area contributed by atoms with E-state index in [9.17, 15) is 9.59 Å². The van der Waals surface area contributed by atoms with Crippen molar-refractivity contribution in [3.8, 4) is 0 Å². The van der Waals surface area contributed by atoms with Crippen LogP contribution in [-0.2, 0) is 14.3 Å². The van der Waals surface area contributed by atoms with Crippen molar-refractivity contribution < 1.29 is 14.3 Å². The monoisotopic (exact) mass is 452 g/mol. The number of hydrogen-bond donors (Lipinski definition) is 0. The lowest BCUT2D eigenvalue weighted by atomic mass is 9.41. The van der Waals surface area contributed by atoms with Gasteiger partial charge in [-0.15, -0.1) is 0 Å². The first-order valence-electron chi connectivity index (χ1n) is 13.4. The number of hydrogen-bond acceptors (Lipinski definition) is 3. The molecular weight excluding hydrogens is 408 g/mol. The summed E-state index contributed by atoms with van der Waals surface area (Å²) in [6, 6.07) is 0. The molecule has 33 heavy (non-hydrogen) atoms. The van der Waals surface area contributed by atoms with Crippen LogP contribution >= 0.6 is 0 Å². The molecule has 3 heteroatoms. The van der Waals surface area contributed by atoms with Crippen LogP contribution in [0, 0.1) is 45.3 Å². The predicted molar refractivity (Wildman–Crippen MR) is 131 cm³/mol. The Morgan fingerprint density at radius 3 is 2.55 bits per heavy atom. The van der Waals surface area contributed by atoms with Gasteiger partial charge in [-0.3, -0.25) is 9.59 Å². The highest BCUT2D eigenvalue weighted by Gasteiger charge is 2.70. The normalized spacial score (nSPS) is 47.6. The molecule has 1 heterocycles. The van der Waals surface area contributed by atoms with Gasteiger partial charge in [0, 0.05) is 17.8 Å². The third kappa shape index (κ3) is 2.99. The van der Waals surface area contributed by atoms with Crippen molar-refractivity contribution in [1.29, 1.82) is 0 Å². The van der Waals surface area contributed by atoms with E-state index in [2.05, 4.69) is 60.6 Å². The molecule has 0 aromatic rings. The average molecular weight is 453 g/mol. The smallest absolute Gasteiger partial charge is 0.309 e. The summed E-state index contributed by atoms with van der Waals surface area (Å²) in [7, 11) is 0. The highest BCUT2D eigenvalue weighted by molar-refractivity contribution is 5.85. The molecule has 3 nitrogen and oxygen atoms in total. The Balaban J connectivity index is 1.49. The topological polar surface area (TPSA) is 43.4 Å². The molecule has 5 unspecified atom stereocenters. The summed E-state index contributed by atoms with van der Waals surface area (Å²) in [6.07, 6.45) is 12.9. The summed E-state index contributed by atoms with van der Waals surface area (Å²) in [5.41, 5.74) is 3.13. The van der Waals surface area contributed by atoms with E-state index in [0.29, 0.717) is 23.5 Å². The van der Waals surface area contributed by atoms with Crippen LogP contribution in [0.25, 0.3) is 0 Å². The number of ketones is 1. The zero-order chi connectivity index (χ0) is 24.0.